The zero-order chi connectivity index (χ0) is 39.7. The van der Waals surface area contributed by atoms with Crippen molar-refractivity contribution in [1.29, 1.82) is 0 Å². The zero-order valence-corrected chi connectivity index (χ0v) is 32.9. The van der Waals surface area contributed by atoms with E-state index in [0.29, 0.717) is 51.2 Å². The molecule has 0 radical (unpaired) electrons. The monoisotopic (exact) mass is 786 g/mol. The third-order valence-corrected chi connectivity index (χ3v) is 10.2. The SMILES string of the molecule is COC(=O)c1c(NC(=O)CSc2cccc(NC(=O)/C(=C\c3cccc(OC)c3OC)NC(=O)c3ccccc3)c2)sc2c1CCN(C(=O)OC(C)(C)C)C2. The quantitative estimate of drug-likeness (QED) is 0.0776. The predicted molar refractivity (Wildman–Crippen MR) is 212 cm³/mol. The molecule has 2 heterocycles. The lowest BCUT2D eigenvalue weighted by molar-refractivity contribution is -0.114. The molecule has 5 rings (SSSR count). The molecular weight excluding hydrogens is 745 g/mol. The van der Waals surface area contributed by atoms with Gasteiger partial charge in [0.25, 0.3) is 11.8 Å². The summed E-state index contributed by atoms with van der Waals surface area (Å²) in [5.41, 5.74) is 1.59. The lowest BCUT2D eigenvalue weighted by Gasteiger charge is -2.30. The fourth-order valence-corrected chi connectivity index (χ4v) is 7.61. The van der Waals surface area contributed by atoms with Crippen LogP contribution >= 0.6 is 23.1 Å². The molecule has 1 aliphatic heterocycles. The second-order valence-electron chi connectivity index (χ2n) is 13.1. The van der Waals surface area contributed by atoms with Gasteiger partial charge in [-0.15, -0.1) is 23.1 Å². The van der Waals surface area contributed by atoms with Crippen molar-refractivity contribution in [2.75, 3.05) is 44.3 Å². The molecule has 1 aromatic heterocycles. The van der Waals surface area contributed by atoms with Gasteiger partial charge in [0.1, 0.15) is 16.3 Å². The topological polar surface area (TPSA) is 162 Å². The molecule has 4 aromatic rings. The third-order valence-electron chi connectivity index (χ3n) is 8.07. The van der Waals surface area contributed by atoms with Crippen LogP contribution in [0.4, 0.5) is 15.5 Å². The lowest BCUT2D eigenvalue weighted by atomic mass is 10.0. The third kappa shape index (κ3) is 10.5. The van der Waals surface area contributed by atoms with Gasteiger partial charge in [0, 0.05) is 33.1 Å². The maximum absolute atomic E-state index is 13.7. The Balaban J connectivity index is 1.29. The van der Waals surface area contributed by atoms with Crippen LogP contribution in [-0.4, -0.2) is 73.9 Å². The summed E-state index contributed by atoms with van der Waals surface area (Å²) in [5, 5.41) is 8.76. The van der Waals surface area contributed by atoms with Crippen LogP contribution in [0.3, 0.4) is 0 Å². The molecule has 0 saturated heterocycles. The number of anilines is 2. The summed E-state index contributed by atoms with van der Waals surface area (Å²) in [5.74, 6) is -1.22. The highest BCUT2D eigenvalue weighted by atomic mass is 32.2. The van der Waals surface area contributed by atoms with Gasteiger partial charge in [-0.3, -0.25) is 14.4 Å². The first kappa shape index (κ1) is 40.4. The van der Waals surface area contributed by atoms with E-state index in [1.807, 2.05) is 0 Å². The second kappa shape index (κ2) is 18.0. The van der Waals surface area contributed by atoms with Gasteiger partial charge in [0.15, 0.2) is 11.5 Å². The number of amides is 4. The molecule has 0 atom stereocenters. The number of carbonyl (C=O) groups excluding carboxylic acids is 5. The highest BCUT2D eigenvalue weighted by molar-refractivity contribution is 8.00. The number of nitrogens with zero attached hydrogens (tertiary/aromatic N) is 1. The van der Waals surface area contributed by atoms with Crippen LogP contribution in [0.5, 0.6) is 11.5 Å². The lowest BCUT2D eigenvalue weighted by Crippen LogP contribution is -2.39. The van der Waals surface area contributed by atoms with Crippen molar-refractivity contribution >= 4 is 69.6 Å². The van der Waals surface area contributed by atoms with Crippen LogP contribution in [0.15, 0.2) is 83.4 Å². The van der Waals surface area contributed by atoms with E-state index in [0.717, 1.165) is 10.4 Å². The highest BCUT2D eigenvalue weighted by Gasteiger charge is 2.32. The standard InChI is InChI=1S/C40H42N4O9S2/c1-40(2,3)53-39(49)44-19-18-28-31(22-44)55-37(33(28)38(48)52-6)43-32(45)23-54-27-16-11-15-26(21-27)41-36(47)29(42-35(46)24-12-8-7-9-13-24)20-25-14-10-17-30(50-4)34(25)51-5/h7-17,20-21H,18-19,22-23H2,1-6H3,(H,41,47)(H,42,46)(H,43,45)/b29-20+. The van der Waals surface area contributed by atoms with E-state index in [1.54, 1.807) is 98.5 Å². The molecule has 1 aliphatic rings. The number of nitrogens with one attached hydrogen (secondary N) is 3. The van der Waals surface area contributed by atoms with Crippen molar-refractivity contribution in [3.05, 3.63) is 106 Å². The average molecular weight is 787 g/mol. The number of rotatable bonds is 12. The van der Waals surface area contributed by atoms with Crippen LogP contribution in [0.1, 0.15) is 57.5 Å². The Labute approximate surface area is 327 Å². The number of thiophene rings is 1. The minimum Gasteiger partial charge on any atom is -0.493 e. The van der Waals surface area contributed by atoms with E-state index in [9.17, 15) is 24.0 Å². The Kier molecular flexibility index (Phi) is 13.2. The Bertz CT molecular complexity index is 2110. The minimum absolute atomic E-state index is 0.0153. The summed E-state index contributed by atoms with van der Waals surface area (Å²) >= 11 is 2.45. The Morgan fingerprint density at radius 1 is 0.909 bits per heavy atom. The largest absolute Gasteiger partial charge is 0.493 e. The number of hydrogen-bond donors (Lipinski definition) is 3. The summed E-state index contributed by atoms with van der Waals surface area (Å²) in [4.78, 5) is 68.7. The van der Waals surface area contributed by atoms with Gasteiger partial charge in [0.05, 0.1) is 39.2 Å². The highest BCUT2D eigenvalue weighted by Crippen LogP contribution is 2.38. The number of carbonyl (C=O) groups is 5. The number of ether oxygens (including phenoxy) is 4. The molecule has 0 fully saturated rings. The van der Waals surface area contributed by atoms with Crippen molar-refractivity contribution in [1.82, 2.24) is 10.2 Å². The molecule has 3 aromatic carbocycles. The molecule has 0 spiro atoms. The number of methoxy groups -OCH3 is 3. The maximum atomic E-state index is 13.7. The fraction of sp³-hybridized carbons (Fsp3) is 0.275. The molecule has 0 unspecified atom stereocenters. The van der Waals surface area contributed by atoms with Crippen molar-refractivity contribution in [3.63, 3.8) is 0 Å². The molecule has 0 aliphatic carbocycles. The van der Waals surface area contributed by atoms with Gasteiger partial charge < -0.3 is 39.8 Å². The first-order valence-corrected chi connectivity index (χ1v) is 18.9. The predicted octanol–water partition coefficient (Wildman–Crippen LogP) is 6.99. The van der Waals surface area contributed by atoms with Gasteiger partial charge in [0.2, 0.25) is 5.91 Å². The second-order valence-corrected chi connectivity index (χ2v) is 15.3. The van der Waals surface area contributed by atoms with Crippen LogP contribution in [0.2, 0.25) is 0 Å². The number of esters is 1. The minimum atomic E-state index is -0.655. The Hall–Kier alpha value is -5.80. The van der Waals surface area contributed by atoms with Crippen LogP contribution < -0.4 is 25.4 Å². The van der Waals surface area contributed by atoms with Crippen molar-refractivity contribution < 1.29 is 42.9 Å². The zero-order valence-electron chi connectivity index (χ0n) is 31.3. The summed E-state index contributed by atoms with van der Waals surface area (Å²) in [6.07, 6.45) is 1.45. The number of benzene rings is 3. The molecule has 3 N–H and O–H groups in total. The number of para-hydroxylation sites is 1. The molecule has 288 valence electrons. The maximum Gasteiger partial charge on any atom is 0.410 e. The number of thioether (sulfide) groups is 1. The van der Waals surface area contributed by atoms with Gasteiger partial charge >= 0.3 is 12.1 Å². The first-order chi connectivity index (χ1) is 26.3. The molecule has 0 bridgehead atoms. The van der Waals surface area contributed by atoms with Crippen molar-refractivity contribution in [2.45, 2.75) is 44.2 Å². The Morgan fingerprint density at radius 3 is 2.35 bits per heavy atom. The summed E-state index contributed by atoms with van der Waals surface area (Å²) in [6.45, 7) is 5.98. The summed E-state index contributed by atoms with van der Waals surface area (Å²) < 4.78 is 21.5. The first-order valence-electron chi connectivity index (χ1n) is 17.1. The molecule has 15 heteroatoms. The van der Waals surface area contributed by atoms with E-state index in [1.165, 1.54) is 50.5 Å². The van der Waals surface area contributed by atoms with Gasteiger partial charge in [-0.05, 0) is 75.2 Å². The fourth-order valence-electron chi connectivity index (χ4n) is 5.59. The van der Waals surface area contributed by atoms with E-state index < -0.39 is 29.5 Å². The van der Waals surface area contributed by atoms with Crippen molar-refractivity contribution in [3.8, 4) is 11.5 Å². The molecule has 13 nitrogen and oxygen atoms in total. The van der Waals surface area contributed by atoms with Crippen LogP contribution in [-0.2, 0) is 32.0 Å². The average Bonchev–Trinajstić information content (AvgIpc) is 3.52. The van der Waals surface area contributed by atoms with E-state index in [4.69, 9.17) is 18.9 Å². The number of hydrogen-bond acceptors (Lipinski definition) is 11. The summed E-state index contributed by atoms with van der Waals surface area (Å²) in [6, 6.07) is 20.6. The van der Waals surface area contributed by atoms with Gasteiger partial charge in [-0.2, -0.15) is 0 Å². The number of fused-ring (bicyclic) bond motifs is 1. The van der Waals surface area contributed by atoms with Gasteiger partial charge in [-0.1, -0.05) is 36.4 Å². The Morgan fingerprint density at radius 2 is 1.65 bits per heavy atom. The molecule has 55 heavy (non-hydrogen) atoms. The van der Waals surface area contributed by atoms with Crippen LogP contribution in [0, 0.1) is 0 Å². The normalized spacial score (nSPS) is 12.5. The van der Waals surface area contributed by atoms with E-state index in [-0.39, 0.29) is 29.5 Å². The van der Waals surface area contributed by atoms with Crippen LogP contribution in [0.25, 0.3) is 6.08 Å². The molecule has 4 amide bonds. The van der Waals surface area contributed by atoms with E-state index in [2.05, 4.69) is 16.0 Å². The molecule has 0 saturated carbocycles. The van der Waals surface area contributed by atoms with E-state index >= 15 is 0 Å². The van der Waals surface area contributed by atoms with Gasteiger partial charge in [-0.25, -0.2) is 9.59 Å². The molecular formula is C40H42N4O9S2. The summed E-state index contributed by atoms with van der Waals surface area (Å²) in [7, 11) is 4.26. The smallest absolute Gasteiger partial charge is 0.410 e. The van der Waals surface area contributed by atoms with Crippen molar-refractivity contribution in [2.24, 2.45) is 0 Å².